The van der Waals surface area contributed by atoms with Crippen LogP contribution in [0.15, 0.2) is 152 Å². The SMILES string of the molecule is N#Cc1cccc(-c2nc(-c3ccccc3)nc(-c3cccc(-n4c5ccc6c(c5c5c7ccccc7ccc54)-c4ccccc4C64C5CC6CC7CC4C5(C6)C7)c3)n2)c1. The van der Waals surface area contributed by atoms with Crippen molar-refractivity contribution in [1.82, 2.24) is 19.5 Å². The molecule has 5 heteroatoms. The molecule has 5 aliphatic rings. The third-order valence-electron chi connectivity index (χ3n) is 15.8. The van der Waals surface area contributed by atoms with Crippen LogP contribution in [0.4, 0.5) is 0 Å². The lowest BCUT2D eigenvalue weighted by molar-refractivity contribution is -0.0820. The smallest absolute Gasteiger partial charge is 0.164 e. The lowest BCUT2D eigenvalue weighted by atomic mass is 9.38. The van der Waals surface area contributed by atoms with Gasteiger partial charge < -0.3 is 4.57 Å². The topological polar surface area (TPSA) is 67.4 Å². The van der Waals surface area contributed by atoms with Gasteiger partial charge in [0.2, 0.25) is 0 Å². The first-order valence-electron chi connectivity index (χ1n) is 21.6. The number of nitriles is 1. The molecule has 0 aliphatic heterocycles. The summed E-state index contributed by atoms with van der Waals surface area (Å²) in [4.78, 5) is 15.1. The van der Waals surface area contributed by atoms with E-state index in [1.807, 2.05) is 48.5 Å². The lowest BCUT2D eigenvalue weighted by Gasteiger charge is -2.64. The van der Waals surface area contributed by atoms with Crippen LogP contribution >= 0.6 is 0 Å². The van der Waals surface area contributed by atoms with Crippen LogP contribution in [0.1, 0.15) is 48.8 Å². The van der Waals surface area contributed by atoms with E-state index >= 15 is 0 Å². The predicted molar refractivity (Wildman–Crippen MR) is 238 cm³/mol. The zero-order chi connectivity index (χ0) is 39.3. The summed E-state index contributed by atoms with van der Waals surface area (Å²) in [5.74, 6) is 5.01. The Morgan fingerprint density at radius 1 is 0.550 bits per heavy atom. The van der Waals surface area contributed by atoms with Crippen LogP contribution in [-0.4, -0.2) is 19.5 Å². The maximum atomic E-state index is 9.72. The maximum absolute atomic E-state index is 9.72. The number of fused-ring (bicyclic) bond motifs is 15. The summed E-state index contributed by atoms with van der Waals surface area (Å²) in [5.41, 5.74) is 13.4. The largest absolute Gasteiger partial charge is 0.309 e. The Kier molecular flexibility index (Phi) is 6.40. The number of nitrogens with zero attached hydrogens (tertiary/aromatic N) is 5. The van der Waals surface area contributed by atoms with Gasteiger partial charge in [0.25, 0.3) is 0 Å². The normalized spacial score (nSPS) is 25.1. The molecule has 2 spiro atoms. The van der Waals surface area contributed by atoms with Gasteiger partial charge in [0.1, 0.15) is 0 Å². The van der Waals surface area contributed by atoms with Crippen LogP contribution < -0.4 is 0 Å². The Bertz CT molecular complexity index is 3350. The molecule has 0 N–H and O–H groups in total. The van der Waals surface area contributed by atoms with Crippen molar-refractivity contribution in [1.29, 1.82) is 5.26 Å². The van der Waals surface area contributed by atoms with E-state index in [0.29, 0.717) is 28.5 Å². The Morgan fingerprint density at radius 3 is 2.00 bits per heavy atom. The minimum absolute atomic E-state index is 0.114. The van der Waals surface area contributed by atoms with Gasteiger partial charge in [-0.1, -0.05) is 115 Å². The van der Waals surface area contributed by atoms with E-state index < -0.39 is 0 Å². The molecule has 5 nitrogen and oxygen atoms in total. The van der Waals surface area contributed by atoms with E-state index in [4.69, 9.17) is 15.0 Å². The van der Waals surface area contributed by atoms with E-state index in [9.17, 15) is 5.26 Å². The second-order valence-electron chi connectivity index (χ2n) is 18.4. The predicted octanol–water partition coefficient (Wildman–Crippen LogP) is 12.7. The first kappa shape index (κ1) is 33.0. The van der Waals surface area contributed by atoms with Gasteiger partial charge in [-0.3, -0.25) is 0 Å². The highest BCUT2D eigenvalue weighted by Crippen LogP contribution is 2.85. The third-order valence-corrected chi connectivity index (χ3v) is 15.8. The summed E-state index contributed by atoms with van der Waals surface area (Å²) in [6, 6.07) is 56.6. The van der Waals surface area contributed by atoms with Crippen LogP contribution in [0.5, 0.6) is 0 Å². The van der Waals surface area contributed by atoms with Crippen molar-refractivity contribution in [3.63, 3.8) is 0 Å². The van der Waals surface area contributed by atoms with Gasteiger partial charge in [0.15, 0.2) is 17.5 Å². The number of aromatic nitrogens is 4. The van der Waals surface area contributed by atoms with Gasteiger partial charge in [-0.15, -0.1) is 0 Å². The summed E-state index contributed by atoms with van der Waals surface area (Å²) < 4.78 is 2.48. The number of benzene rings is 7. The molecule has 4 fully saturated rings. The van der Waals surface area contributed by atoms with E-state index in [1.54, 1.807) is 17.2 Å². The summed E-state index contributed by atoms with van der Waals surface area (Å²) in [6.07, 6.45) is 7.17. The van der Waals surface area contributed by atoms with Crippen LogP contribution in [-0.2, 0) is 5.41 Å². The minimum Gasteiger partial charge on any atom is -0.309 e. The molecule has 284 valence electrons. The van der Waals surface area contributed by atoms with Crippen molar-refractivity contribution in [3.8, 4) is 57.0 Å². The fraction of sp³-hybridized carbons (Fsp3) is 0.200. The van der Waals surface area contributed by atoms with Crippen molar-refractivity contribution < 1.29 is 0 Å². The Balaban J connectivity index is 1.02. The molecule has 0 radical (unpaired) electrons. The zero-order valence-corrected chi connectivity index (χ0v) is 33.0. The minimum atomic E-state index is 0.114. The first-order valence-corrected chi connectivity index (χ1v) is 21.6. The molecule has 4 unspecified atom stereocenters. The zero-order valence-electron chi connectivity index (χ0n) is 33.0. The molecular formula is C55H39N5. The second-order valence-corrected chi connectivity index (χ2v) is 18.4. The summed E-state index contributed by atoms with van der Waals surface area (Å²) in [7, 11) is 0. The van der Waals surface area contributed by atoms with Crippen LogP contribution in [0, 0.1) is 40.4 Å². The highest BCUT2D eigenvalue weighted by molar-refractivity contribution is 6.26. The Hall–Kier alpha value is -6.90. The summed E-state index contributed by atoms with van der Waals surface area (Å²) >= 11 is 0. The number of hydrogen-bond donors (Lipinski definition) is 0. The molecule has 7 aromatic carbocycles. The molecular weight excluding hydrogens is 731 g/mol. The average molecular weight is 770 g/mol. The van der Waals surface area contributed by atoms with Gasteiger partial charge >= 0.3 is 0 Å². The van der Waals surface area contributed by atoms with Crippen molar-refractivity contribution >= 4 is 32.6 Å². The van der Waals surface area contributed by atoms with Gasteiger partial charge in [-0.05, 0) is 131 Å². The highest BCUT2D eigenvalue weighted by atomic mass is 15.0. The van der Waals surface area contributed by atoms with Crippen LogP contribution in [0.2, 0.25) is 0 Å². The standard InChI is InChI=1S/C55H39N5/c56-31-32-10-8-14-37(25-32)52-57-51(36-12-2-1-3-13-36)58-53(59-52)38-15-9-16-39(28-38)60-44-22-20-35-11-4-5-17-40(35)49(44)50-45(60)23-21-43-48(50)41-18-6-7-19-42(41)55(43)46-26-33-24-34-27-47(55)54(46,29-33)30-34/h1-23,25,28,33-34,46-47H,24,26-27,29-30H2. The monoisotopic (exact) mass is 769 g/mol. The molecule has 0 saturated heterocycles. The van der Waals surface area contributed by atoms with Gasteiger partial charge in [-0.25, -0.2) is 15.0 Å². The molecule has 4 saturated carbocycles. The van der Waals surface area contributed by atoms with Crippen molar-refractivity contribution in [2.45, 2.75) is 37.5 Å². The van der Waals surface area contributed by atoms with Crippen LogP contribution in [0.3, 0.4) is 0 Å². The van der Waals surface area contributed by atoms with Crippen molar-refractivity contribution in [2.75, 3.05) is 0 Å². The molecule has 9 aromatic rings. The molecule has 60 heavy (non-hydrogen) atoms. The molecule has 5 aliphatic carbocycles. The van der Waals surface area contributed by atoms with E-state index in [-0.39, 0.29) is 5.41 Å². The first-order chi connectivity index (χ1) is 29.6. The third kappa shape index (κ3) is 4.09. The molecule has 2 heterocycles. The number of hydrogen-bond acceptors (Lipinski definition) is 4. The number of rotatable bonds is 4. The Labute approximate surface area is 348 Å². The molecule has 2 aromatic heterocycles. The van der Waals surface area contributed by atoms with Gasteiger partial charge in [0, 0.05) is 38.6 Å². The second kappa shape index (κ2) is 11.6. The van der Waals surface area contributed by atoms with Gasteiger partial charge in [-0.2, -0.15) is 5.26 Å². The quantitative estimate of drug-likeness (QED) is 0.179. The highest BCUT2D eigenvalue weighted by Gasteiger charge is 2.79. The lowest BCUT2D eigenvalue weighted by Crippen LogP contribution is -2.62. The van der Waals surface area contributed by atoms with E-state index in [2.05, 4.69) is 108 Å². The Morgan fingerprint density at radius 2 is 1.20 bits per heavy atom. The van der Waals surface area contributed by atoms with Crippen molar-refractivity contribution in [2.24, 2.45) is 29.1 Å². The van der Waals surface area contributed by atoms with Crippen molar-refractivity contribution in [3.05, 3.63) is 168 Å². The molecule has 0 amide bonds. The fourth-order valence-corrected chi connectivity index (χ4v) is 14.1. The molecule has 4 atom stereocenters. The van der Waals surface area contributed by atoms with Gasteiger partial charge in [0.05, 0.1) is 22.7 Å². The van der Waals surface area contributed by atoms with Crippen LogP contribution in [0.25, 0.3) is 83.6 Å². The maximum Gasteiger partial charge on any atom is 0.164 e. The summed E-state index contributed by atoms with van der Waals surface area (Å²) in [5, 5.41) is 15.0. The molecule has 3 bridgehead atoms. The molecule has 14 rings (SSSR count). The van der Waals surface area contributed by atoms with E-state index in [0.717, 1.165) is 46.0 Å². The summed E-state index contributed by atoms with van der Waals surface area (Å²) in [6.45, 7) is 0. The van der Waals surface area contributed by atoms with E-state index in [1.165, 1.54) is 75.8 Å². The fourth-order valence-electron chi connectivity index (χ4n) is 14.1. The average Bonchev–Trinajstić information content (AvgIpc) is 3.97.